The lowest BCUT2D eigenvalue weighted by molar-refractivity contribution is 0.319. The Morgan fingerprint density at radius 2 is 2.18 bits per heavy atom. The highest BCUT2D eigenvalue weighted by atomic mass is 32.2. The molecule has 0 unspecified atom stereocenters. The summed E-state index contributed by atoms with van der Waals surface area (Å²) in [7, 11) is -3.32. The van der Waals surface area contributed by atoms with Crippen LogP contribution in [-0.2, 0) is 16.6 Å². The van der Waals surface area contributed by atoms with Crippen molar-refractivity contribution in [2.45, 2.75) is 26.8 Å². The Morgan fingerprint density at radius 3 is 2.71 bits per heavy atom. The van der Waals surface area contributed by atoms with E-state index >= 15 is 0 Å². The second kappa shape index (κ2) is 6.13. The zero-order valence-corrected chi connectivity index (χ0v) is 11.0. The van der Waals surface area contributed by atoms with Crippen LogP contribution in [0.5, 0.6) is 0 Å². The Balaban J connectivity index is 2.32. The first-order valence-electron chi connectivity index (χ1n) is 5.54. The molecule has 0 atom stereocenters. The van der Waals surface area contributed by atoms with Crippen LogP contribution in [0.1, 0.15) is 17.8 Å². The van der Waals surface area contributed by atoms with Crippen LogP contribution in [0.3, 0.4) is 0 Å². The number of hydrogen-bond donors (Lipinski definition) is 2. The minimum Gasteiger partial charge on any atom is -0.395 e. The standard InChI is InChI=1S/C10H19N3O3S/c1-9-8-10(2)13(12-9)5-3-4-11-17(15,16)7-6-14/h8,11,14H,3-7H2,1-2H3. The topological polar surface area (TPSA) is 84.2 Å². The SMILES string of the molecule is Cc1cc(C)n(CCCNS(=O)(=O)CCO)n1. The molecular weight excluding hydrogens is 242 g/mol. The molecule has 0 saturated carbocycles. The van der Waals surface area contributed by atoms with E-state index in [1.807, 2.05) is 24.6 Å². The summed E-state index contributed by atoms with van der Waals surface area (Å²) >= 11 is 0. The first-order valence-corrected chi connectivity index (χ1v) is 7.19. The van der Waals surface area contributed by atoms with Gasteiger partial charge in [0.2, 0.25) is 10.0 Å². The van der Waals surface area contributed by atoms with Gasteiger partial charge in [-0.25, -0.2) is 13.1 Å². The van der Waals surface area contributed by atoms with Crippen molar-refractivity contribution in [3.05, 3.63) is 17.5 Å². The zero-order chi connectivity index (χ0) is 12.9. The first kappa shape index (κ1) is 14.1. The Morgan fingerprint density at radius 1 is 1.47 bits per heavy atom. The van der Waals surface area contributed by atoms with Crippen molar-refractivity contribution < 1.29 is 13.5 Å². The maximum absolute atomic E-state index is 11.2. The van der Waals surface area contributed by atoms with Crippen LogP contribution in [0.15, 0.2) is 6.07 Å². The summed E-state index contributed by atoms with van der Waals surface area (Å²) in [6.07, 6.45) is 0.673. The van der Waals surface area contributed by atoms with Crippen LogP contribution in [0, 0.1) is 13.8 Å². The van der Waals surface area contributed by atoms with E-state index in [1.165, 1.54) is 0 Å². The molecule has 0 saturated heterocycles. The average Bonchev–Trinajstić information content (AvgIpc) is 2.52. The molecule has 7 heteroatoms. The molecule has 0 radical (unpaired) electrons. The van der Waals surface area contributed by atoms with Crippen molar-refractivity contribution in [3.8, 4) is 0 Å². The molecule has 0 fully saturated rings. The van der Waals surface area contributed by atoms with Crippen molar-refractivity contribution in [2.24, 2.45) is 0 Å². The minimum absolute atomic E-state index is 0.243. The van der Waals surface area contributed by atoms with Gasteiger partial charge in [0.1, 0.15) is 0 Å². The summed E-state index contributed by atoms with van der Waals surface area (Å²) < 4.78 is 26.7. The van der Waals surface area contributed by atoms with Crippen molar-refractivity contribution in [1.29, 1.82) is 0 Å². The summed E-state index contributed by atoms with van der Waals surface area (Å²) in [6, 6.07) is 1.98. The van der Waals surface area contributed by atoms with E-state index in [9.17, 15) is 8.42 Å². The van der Waals surface area contributed by atoms with Gasteiger partial charge in [0.25, 0.3) is 0 Å². The largest absolute Gasteiger partial charge is 0.395 e. The third-order valence-electron chi connectivity index (χ3n) is 2.33. The number of sulfonamides is 1. The first-order chi connectivity index (χ1) is 7.94. The second-order valence-corrected chi connectivity index (χ2v) is 5.87. The summed E-state index contributed by atoms with van der Waals surface area (Å²) in [5.74, 6) is -0.243. The summed E-state index contributed by atoms with van der Waals surface area (Å²) in [4.78, 5) is 0. The van der Waals surface area contributed by atoms with Gasteiger partial charge in [-0.05, 0) is 26.3 Å². The smallest absolute Gasteiger partial charge is 0.213 e. The van der Waals surface area contributed by atoms with E-state index in [1.54, 1.807) is 0 Å². The van der Waals surface area contributed by atoms with Gasteiger partial charge in [-0.1, -0.05) is 0 Å². The average molecular weight is 261 g/mol. The zero-order valence-electron chi connectivity index (χ0n) is 10.2. The molecule has 1 aromatic heterocycles. The third-order valence-corrected chi connectivity index (χ3v) is 3.70. The highest BCUT2D eigenvalue weighted by Gasteiger charge is 2.08. The molecule has 6 nitrogen and oxygen atoms in total. The van der Waals surface area contributed by atoms with Gasteiger partial charge >= 0.3 is 0 Å². The summed E-state index contributed by atoms with van der Waals surface area (Å²) in [6.45, 7) is 4.58. The predicted octanol–water partition coefficient (Wildman–Crippen LogP) is -0.198. The molecule has 1 heterocycles. The molecule has 2 N–H and O–H groups in total. The molecule has 0 bridgehead atoms. The molecular formula is C10H19N3O3S. The summed E-state index contributed by atoms with van der Waals surface area (Å²) in [5, 5.41) is 12.8. The van der Waals surface area contributed by atoms with Gasteiger partial charge in [0.05, 0.1) is 18.1 Å². The lowest BCUT2D eigenvalue weighted by Gasteiger charge is -2.06. The molecule has 0 spiro atoms. The second-order valence-electron chi connectivity index (χ2n) is 3.94. The van der Waals surface area contributed by atoms with E-state index in [2.05, 4.69) is 9.82 Å². The fourth-order valence-corrected chi connectivity index (χ4v) is 2.39. The van der Waals surface area contributed by atoms with E-state index in [0.29, 0.717) is 19.5 Å². The van der Waals surface area contributed by atoms with Crippen LogP contribution in [0.2, 0.25) is 0 Å². The van der Waals surface area contributed by atoms with E-state index in [4.69, 9.17) is 5.11 Å². The van der Waals surface area contributed by atoms with Gasteiger partial charge in [0, 0.05) is 18.8 Å². The number of hydrogen-bond acceptors (Lipinski definition) is 4. The summed E-state index contributed by atoms with van der Waals surface area (Å²) in [5.41, 5.74) is 2.03. The van der Waals surface area contributed by atoms with E-state index in [0.717, 1.165) is 11.4 Å². The Labute approximate surface area is 102 Å². The maximum atomic E-state index is 11.2. The number of aliphatic hydroxyl groups excluding tert-OH is 1. The molecule has 0 aromatic carbocycles. The molecule has 98 valence electrons. The number of rotatable bonds is 7. The number of aliphatic hydroxyl groups is 1. The van der Waals surface area contributed by atoms with Crippen molar-refractivity contribution in [1.82, 2.24) is 14.5 Å². The van der Waals surface area contributed by atoms with Gasteiger partial charge in [-0.15, -0.1) is 0 Å². The van der Waals surface area contributed by atoms with E-state index in [-0.39, 0.29) is 12.4 Å². The van der Waals surface area contributed by atoms with Crippen LogP contribution in [-0.4, -0.2) is 42.2 Å². The predicted molar refractivity (Wildman–Crippen MR) is 65.2 cm³/mol. The molecule has 0 amide bonds. The number of aryl methyl sites for hydroxylation is 3. The van der Waals surface area contributed by atoms with Crippen LogP contribution in [0.25, 0.3) is 0 Å². The fraction of sp³-hybridized carbons (Fsp3) is 0.700. The molecule has 0 aliphatic carbocycles. The number of nitrogens with one attached hydrogen (secondary N) is 1. The lowest BCUT2D eigenvalue weighted by Crippen LogP contribution is -2.29. The normalized spacial score (nSPS) is 11.9. The third kappa shape index (κ3) is 4.84. The quantitative estimate of drug-likeness (QED) is 0.666. The number of aromatic nitrogens is 2. The maximum Gasteiger partial charge on any atom is 0.213 e. The molecule has 0 aliphatic heterocycles. The Kier molecular flexibility index (Phi) is 5.10. The van der Waals surface area contributed by atoms with E-state index < -0.39 is 10.0 Å². The minimum atomic E-state index is -3.32. The Bertz CT molecular complexity index is 453. The fourth-order valence-electron chi connectivity index (χ4n) is 1.55. The van der Waals surface area contributed by atoms with Crippen molar-refractivity contribution in [2.75, 3.05) is 18.9 Å². The lowest BCUT2D eigenvalue weighted by atomic mass is 10.4. The monoisotopic (exact) mass is 261 g/mol. The molecule has 1 rings (SSSR count). The molecule has 1 aromatic rings. The highest BCUT2D eigenvalue weighted by Crippen LogP contribution is 2.02. The van der Waals surface area contributed by atoms with Crippen LogP contribution in [0.4, 0.5) is 0 Å². The van der Waals surface area contributed by atoms with Gasteiger partial charge in [0.15, 0.2) is 0 Å². The van der Waals surface area contributed by atoms with Crippen LogP contribution >= 0.6 is 0 Å². The van der Waals surface area contributed by atoms with Gasteiger partial charge < -0.3 is 5.11 Å². The molecule has 17 heavy (non-hydrogen) atoms. The number of nitrogens with zero attached hydrogens (tertiary/aromatic N) is 2. The van der Waals surface area contributed by atoms with Crippen LogP contribution < -0.4 is 4.72 Å². The molecule has 0 aliphatic rings. The van der Waals surface area contributed by atoms with Gasteiger partial charge in [-0.3, -0.25) is 4.68 Å². The van der Waals surface area contributed by atoms with Crippen molar-refractivity contribution >= 4 is 10.0 Å². The Hall–Kier alpha value is -0.920. The highest BCUT2D eigenvalue weighted by molar-refractivity contribution is 7.89. The van der Waals surface area contributed by atoms with Gasteiger partial charge in [-0.2, -0.15) is 5.10 Å². The van der Waals surface area contributed by atoms with Crippen molar-refractivity contribution in [3.63, 3.8) is 0 Å².